The Labute approximate surface area is 186 Å². The number of hydrogen-bond donors (Lipinski definition) is 0. The van der Waals surface area contributed by atoms with Crippen LogP contribution in [0.3, 0.4) is 0 Å². The van der Waals surface area contributed by atoms with Gasteiger partial charge in [-0.2, -0.15) is 0 Å². The molecule has 31 heavy (non-hydrogen) atoms. The average Bonchev–Trinajstić information content (AvgIpc) is 3.21. The van der Waals surface area contributed by atoms with Crippen molar-refractivity contribution >= 4 is 17.7 Å². The molecule has 1 aromatic carbocycles. The van der Waals surface area contributed by atoms with Gasteiger partial charge in [0.1, 0.15) is 11.5 Å². The van der Waals surface area contributed by atoms with Crippen molar-refractivity contribution in [1.82, 2.24) is 24.3 Å². The molecule has 0 atom stereocenters. The van der Waals surface area contributed by atoms with Crippen LogP contribution in [0.5, 0.6) is 17.4 Å². The van der Waals surface area contributed by atoms with Gasteiger partial charge in [0.15, 0.2) is 0 Å². The largest absolute Gasteiger partial charge is 0.439 e. The molecule has 1 amide bonds. The first kappa shape index (κ1) is 21.1. The highest BCUT2D eigenvalue weighted by molar-refractivity contribution is 6.30. The molecule has 2 aromatic heterocycles. The van der Waals surface area contributed by atoms with E-state index in [2.05, 4.69) is 14.9 Å². The van der Waals surface area contributed by atoms with Crippen LogP contribution in [-0.4, -0.2) is 63.2 Å². The zero-order valence-electron chi connectivity index (χ0n) is 17.3. The highest BCUT2D eigenvalue weighted by Crippen LogP contribution is 2.23. The van der Waals surface area contributed by atoms with Crippen molar-refractivity contribution < 1.29 is 14.3 Å². The Bertz CT molecular complexity index is 999. The number of halogens is 1. The van der Waals surface area contributed by atoms with Crippen molar-refractivity contribution in [3.05, 3.63) is 65.8 Å². The quantitative estimate of drug-likeness (QED) is 0.581. The number of aryl methyl sites for hydroxylation is 1. The van der Waals surface area contributed by atoms with Crippen LogP contribution in [0.1, 0.15) is 5.69 Å². The maximum absolute atomic E-state index is 12.5. The molecule has 1 aliphatic rings. The Hall–Kier alpha value is -3.10. The Balaban J connectivity index is 1.22. The number of piperazine rings is 1. The van der Waals surface area contributed by atoms with Crippen LogP contribution in [0.25, 0.3) is 0 Å². The number of pyridine rings is 1. The Kier molecular flexibility index (Phi) is 6.69. The van der Waals surface area contributed by atoms with Gasteiger partial charge in [-0.3, -0.25) is 4.90 Å². The molecule has 1 fully saturated rings. The van der Waals surface area contributed by atoms with Gasteiger partial charge in [-0.05, 0) is 30.3 Å². The zero-order valence-corrected chi connectivity index (χ0v) is 18.0. The first-order chi connectivity index (χ1) is 15.0. The molecular formula is C22H24ClN5O3. The monoisotopic (exact) mass is 441 g/mol. The molecule has 0 radical (unpaired) electrons. The van der Waals surface area contributed by atoms with Crippen molar-refractivity contribution in [2.45, 2.75) is 6.42 Å². The SMILES string of the molecule is Cn1cnc(CCN2CCN(C(=O)Oc3ccc(Oc4ccc(Cl)cn4)cc3)CC2)c1. The molecule has 0 N–H and O–H groups in total. The summed E-state index contributed by atoms with van der Waals surface area (Å²) < 4.78 is 13.1. The van der Waals surface area contributed by atoms with Crippen LogP contribution < -0.4 is 9.47 Å². The van der Waals surface area contributed by atoms with E-state index >= 15 is 0 Å². The number of nitrogens with zero attached hydrogens (tertiary/aromatic N) is 5. The predicted octanol–water partition coefficient (Wildman–Crippen LogP) is 3.62. The van der Waals surface area contributed by atoms with Gasteiger partial charge in [-0.1, -0.05) is 11.6 Å². The Morgan fingerprint density at radius 2 is 1.77 bits per heavy atom. The molecule has 1 saturated heterocycles. The number of rotatable bonds is 6. The number of benzene rings is 1. The first-order valence-electron chi connectivity index (χ1n) is 10.1. The summed E-state index contributed by atoms with van der Waals surface area (Å²) >= 11 is 5.82. The van der Waals surface area contributed by atoms with Crippen molar-refractivity contribution in [1.29, 1.82) is 0 Å². The third kappa shape index (κ3) is 5.96. The number of aromatic nitrogens is 3. The summed E-state index contributed by atoms with van der Waals surface area (Å²) in [6.07, 6.45) is 5.95. The van der Waals surface area contributed by atoms with Crippen molar-refractivity contribution in [2.24, 2.45) is 7.05 Å². The maximum Gasteiger partial charge on any atom is 0.415 e. The average molecular weight is 442 g/mol. The topological polar surface area (TPSA) is 72.7 Å². The second kappa shape index (κ2) is 9.80. The molecule has 3 heterocycles. The van der Waals surface area contributed by atoms with Crippen molar-refractivity contribution in [3.63, 3.8) is 0 Å². The van der Waals surface area contributed by atoms with Crippen molar-refractivity contribution in [2.75, 3.05) is 32.7 Å². The Morgan fingerprint density at radius 3 is 2.42 bits per heavy atom. The van der Waals surface area contributed by atoms with E-state index < -0.39 is 0 Å². The first-order valence-corrected chi connectivity index (χ1v) is 10.5. The highest BCUT2D eigenvalue weighted by Gasteiger charge is 2.22. The van der Waals surface area contributed by atoms with Gasteiger partial charge in [-0.15, -0.1) is 0 Å². The molecule has 0 bridgehead atoms. The fourth-order valence-electron chi connectivity index (χ4n) is 3.31. The summed E-state index contributed by atoms with van der Waals surface area (Å²) in [5, 5.41) is 0.545. The molecule has 4 rings (SSSR count). The van der Waals surface area contributed by atoms with Gasteiger partial charge in [0, 0.05) is 64.7 Å². The van der Waals surface area contributed by atoms with Gasteiger partial charge < -0.3 is 18.9 Å². The lowest BCUT2D eigenvalue weighted by Crippen LogP contribution is -2.49. The summed E-state index contributed by atoms with van der Waals surface area (Å²) in [6, 6.07) is 10.3. The third-order valence-corrected chi connectivity index (χ3v) is 5.25. The predicted molar refractivity (Wildman–Crippen MR) is 117 cm³/mol. The molecule has 9 heteroatoms. The second-order valence-electron chi connectivity index (χ2n) is 7.37. The van der Waals surface area contributed by atoms with Gasteiger partial charge in [0.05, 0.1) is 17.0 Å². The minimum atomic E-state index is -0.336. The van der Waals surface area contributed by atoms with Gasteiger partial charge in [-0.25, -0.2) is 14.8 Å². The number of amides is 1. The lowest BCUT2D eigenvalue weighted by Gasteiger charge is -2.33. The van der Waals surface area contributed by atoms with Crippen LogP contribution in [0.2, 0.25) is 5.02 Å². The second-order valence-corrected chi connectivity index (χ2v) is 7.80. The number of imidazole rings is 1. The number of ether oxygens (including phenoxy) is 2. The fraction of sp³-hybridized carbons (Fsp3) is 0.318. The normalized spacial score (nSPS) is 14.5. The third-order valence-electron chi connectivity index (χ3n) is 5.02. The van der Waals surface area contributed by atoms with E-state index in [1.807, 2.05) is 24.1 Å². The van der Waals surface area contributed by atoms with Gasteiger partial charge >= 0.3 is 6.09 Å². The van der Waals surface area contributed by atoms with Crippen LogP contribution in [0.15, 0.2) is 55.1 Å². The van der Waals surface area contributed by atoms with E-state index in [9.17, 15) is 4.79 Å². The van der Waals surface area contributed by atoms with E-state index in [0.29, 0.717) is 35.5 Å². The number of carbonyl (C=O) groups is 1. The molecule has 0 saturated carbocycles. The molecule has 0 unspecified atom stereocenters. The summed E-state index contributed by atoms with van der Waals surface area (Å²) in [5.74, 6) is 1.50. The number of carbonyl (C=O) groups excluding carboxylic acids is 1. The van der Waals surface area contributed by atoms with E-state index in [1.54, 1.807) is 41.3 Å². The van der Waals surface area contributed by atoms with Gasteiger partial charge in [0.25, 0.3) is 0 Å². The van der Waals surface area contributed by atoms with E-state index in [4.69, 9.17) is 21.1 Å². The lowest BCUT2D eigenvalue weighted by atomic mass is 10.2. The highest BCUT2D eigenvalue weighted by atomic mass is 35.5. The van der Waals surface area contributed by atoms with E-state index in [1.165, 1.54) is 6.20 Å². The molecular weight excluding hydrogens is 418 g/mol. The molecule has 0 aliphatic carbocycles. The molecule has 8 nitrogen and oxygen atoms in total. The molecule has 162 valence electrons. The molecule has 0 spiro atoms. The Morgan fingerprint density at radius 1 is 1.03 bits per heavy atom. The summed E-state index contributed by atoms with van der Waals surface area (Å²) in [4.78, 5) is 25.0. The van der Waals surface area contributed by atoms with E-state index in [-0.39, 0.29) is 6.09 Å². The minimum absolute atomic E-state index is 0.336. The van der Waals surface area contributed by atoms with Crippen LogP contribution in [0.4, 0.5) is 4.79 Å². The van der Waals surface area contributed by atoms with E-state index in [0.717, 1.165) is 31.7 Å². The lowest BCUT2D eigenvalue weighted by molar-refractivity contribution is 0.111. The summed E-state index contributed by atoms with van der Waals surface area (Å²) in [5.41, 5.74) is 1.09. The van der Waals surface area contributed by atoms with Crippen LogP contribution in [0, 0.1) is 0 Å². The molecule has 1 aliphatic heterocycles. The molecule has 3 aromatic rings. The van der Waals surface area contributed by atoms with Crippen molar-refractivity contribution in [3.8, 4) is 17.4 Å². The standard InChI is InChI=1S/C22H24ClN5O3/c1-26-15-18(25-16-26)8-9-27-10-12-28(13-11-27)22(29)31-20-5-3-19(4-6-20)30-21-7-2-17(23)14-24-21/h2-7,14-16H,8-13H2,1H3. The van der Waals surface area contributed by atoms with Crippen LogP contribution >= 0.6 is 11.6 Å². The summed E-state index contributed by atoms with van der Waals surface area (Å²) in [6.45, 7) is 3.87. The fourth-order valence-corrected chi connectivity index (χ4v) is 3.42. The maximum atomic E-state index is 12.5. The summed E-state index contributed by atoms with van der Waals surface area (Å²) in [7, 11) is 1.97. The smallest absolute Gasteiger partial charge is 0.415 e. The minimum Gasteiger partial charge on any atom is -0.439 e. The zero-order chi connectivity index (χ0) is 21.6. The van der Waals surface area contributed by atoms with Gasteiger partial charge in [0.2, 0.25) is 5.88 Å². The number of hydrogen-bond acceptors (Lipinski definition) is 6. The van der Waals surface area contributed by atoms with Crippen LogP contribution in [-0.2, 0) is 13.5 Å².